The van der Waals surface area contributed by atoms with Crippen LogP contribution in [0.4, 0.5) is 5.82 Å². The van der Waals surface area contributed by atoms with E-state index in [4.69, 9.17) is 11.0 Å². The molecule has 2 aromatic rings. The monoisotopic (exact) mass is 276 g/mol. The lowest BCUT2D eigenvalue weighted by atomic mass is 10.2. The summed E-state index contributed by atoms with van der Waals surface area (Å²) in [5.74, 6) is 1.09. The van der Waals surface area contributed by atoms with E-state index in [1.54, 1.807) is 11.6 Å². The van der Waals surface area contributed by atoms with E-state index in [9.17, 15) is 0 Å². The van der Waals surface area contributed by atoms with Crippen molar-refractivity contribution in [2.75, 3.05) is 5.73 Å². The Balaban J connectivity index is 2.57. The molecule has 2 rings (SSSR count). The lowest BCUT2D eigenvalue weighted by Gasteiger charge is -2.02. The fourth-order valence-electron chi connectivity index (χ4n) is 1.45. The van der Waals surface area contributed by atoms with E-state index in [0.29, 0.717) is 11.6 Å². The van der Waals surface area contributed by atoms with Gasteiger partial charge in [-0.25, -0.2) is 4.98 Å². The van der Waals surface area contributed by atoms with Crippen LogP contribution in [0, 0.1) is 11.3 Å². The quantitative estimate of drug-likeness (QED) is 0.869. The van der Waals surface area contributed by atoms with Crippen molar-refractivity contribution in [2.45, 2.75) is 0 Å². The number of imidazole rings is 1. The maximum atomic E-state index is 8.83. The normalized spacial score (nSPS) is 10.1. The Labute approximate surface area is 101 Å². The number of rotatable bonds is 1. The predicted octanol–water partition coefficient (Wildman–Crippen LogP) is 2.30. The summed E-state index contributed by atoms with van der Waals surface area (Å²) in [5.41, 5.74) is 6.94. The van der Waals surface area contributed by atoms with Gasteiger partial charge in [-0.3, -0.25) is 0 Å². The summed E-state index contributed by atoms with van der Waals surface area (Å²) in [6.45, 7) is 0. The first-order chi connectivity index (χ1) is 7.63. The van der Waals surface area contributed by atoms with Crippen molar-refractivity contribution >= 4 is 21.7 Å². The highest BCUT2D eigenvalue weighted by molar-refractivity contribution is 9.10. The van der Waals surface area contributed by atoms with Crippen molar-refractivity contribution in [2.24, 2.45) is 7.05 Å². The first kappa shape index (κ1) is 10.7. The van der Waals surface area contributed by atoms with E-state index in [1.165, 1.54) is 0 Å². The third-order valence-electron chi connectivity index (χ3n) is 2.35. The minimum absolute atomic E-state index is 0.264. The summed E-state index contributed by atoms with van der Waals surface area (Å²) in [4.78, 5) is 4.19. The van der Waals surface area contributed by atoms with Gasteiger partial charge in [0, 0.05) is 17.1 Å². The van der Waals surface area contributed by atoms with Gasteiger partial charge in [-0.2, -0.15) is 5.26 Å². The molecule has 1 aromatic heterocycles. The molecule has 0 spiro atoms. The van der Waals surface area contributed by atoms with Crippen LogP contribution in [0.5, 0.6) is 0 Å². The molecule has 0 fully saturated rings. The molecule has 0 saturated carbocycles. The first-order valence-corrected chi connectivity index (χ1v) is 5.41. The molecule has 5 heteroatoms. The molecule has 4 nitrogen and oxygen atoms in total. The molecule has 0 aliphatic carbocycles. The van der Waals surface area contributed by atoms with Gasteiger partial charge in [0.2, 0.25) is 0 Å². The van der Waals surface area contributed by atoms with E-state index in [-0.39, 0.29) is 5.69 Å². The number of anilines is 1. The van der Waals surface area contributed by atoms with Crippen LogP contribution in [0.2, 0.25) is 0 Å². The average molecular weight is 277 g/mol. The molecule has 0 saturated heterocycles. The van der Waals surface area contributed by atoms with Crippen molar-refractivity contribution in [1.82, 2.24) is 9.55 Å². The molecular formula is C11H9BrN4. The topological polar surface area (TPSA) is 67.6 Å². The second-order valence-electron chi connectivity index (χ2n) is 3.35. The van der Waals surface area contributed by atoms with Gasteiger partial charge >= 0.3 is 0 Å². The van der Waals surface area contributed by atoms with Crippen LogP contribution in [0.1, 0.15) is 5.69 Å². The Hall–Kier alpha value is -1.80. The second-order valence-corrected chi connectivity index (χ2v) is 4.26. The molecule has 0 bridgehead atoms. The standard InChI is InChI=1S/C11H9BrN4/c1-16-10(14)9(6-13)15-11(16)7-2-4-8(12)5-3-7/h2-5H,14H2,1H3. The highest BCUT2D eigenvalue weighted by Crippen LogP contribution is 2.23. The van der Waals surface area contributed by atoms with Gasteiger partial charge in [-0.1, -0.05) is 28.1 Å². The Morgan fingerprint density at radius 2 is 2.00 bits per heavy atom. The molecular weight excluding hydrogens is 268 g/mol. The third kappa shape index (κ3) is 1.68. The van der Waals surface area contributed by atoms with Crippen LogP contribution >= 0.6 is 15.9 Å². The number of halogens is 1. The van der Waals surface area contributed by atoms with Gasteiger partial charge in [0.1, 0.15) is 17.7 Å². The number of hydrogen-bond acceptors (Lipinski definition) is 3. The number of nitriles is 1. The minimum Gasteiger partial charge on any atom is -0.383 e. The zero-order valence-corrected chi connectivity index (χ0v) is 10.2. The first-order valence-electron chi connectivity index (χ1n) is 4.61. The Kier molecular flexibility index (Phi) is 2.67. The average Bonchev–Trinajstić information content (AvgIpc) is 2.57. The lowest BCUT2D eigenvalue weighted by Crippen LogP contribution is -1.98. The van der Waals surface area contributed by atoms with E-state index in [2.05, 4.69) is 20.9 Å². The summed E-state index contributed by atoms with van der Waals surface area (Å²) in [6, 6.07) is 9.66. The van der Waals surface area contributed by atoms with Crippen LogP contribution in [0.15, 0.2) is 28.7 Å². The van der Waals surface area contributed by atoms with Crippen molar-refractivity contribution in [3.63, 3.8) is 0 Å². The Morgan fingerprint density at radius 3 is 2.50 bits per heavy atom. The second kappa shape index (κ2) is 3.99. The molecule has 0 atom stereocenters. The molecule has 0 amide bonds. The number of nitrogens with zero attached hydrogens (tertiary/aromatic N) is 3. The number of aromatic nitrogens is 2. The highest BCUT2D eigenvalue weighted by Gasteiger charge is 2.12. The number of nitrogen functional groups attached to an aromatic ring is 1. The zero-order chi connectivity index (χ0) is 11.7. The van der Waals surface area contributed by atoms with Gasteiger partial charge < -0.3 is 10.3 Å². The maximum Gasteiger partial charge on any atom is 0.183 e. The van der Waals surface area contributed by atoms with Crippen LogP contribution < -0.4 is 5.73 Å². The fraction of sp³-hybridized carbons (Fsp3) is 0.0909. The third-order valence-corrected chi connectivity index (χ3v) is 2.88. The summed E-state index contributed by atoms with van der Waals surface area (Å²) in [7, 11) is 1.79. The maximum absolute atomic E-state index is 8.83. The molecule has 80 valence electrons. The molecule has 2 N–H and O–H groups in total. The minimum atomic E-state index is 0.264. The molecule has 16 heavy (non-hydrogen) atoms. The van der Waals surface area contributed by atoms with Crippen molar-refractivity contribution in [3.05, 3.63) is 34.4 Å². The largest absolute Gasteiger partial charge is 0.383 e. The Bertz CT molecular complexity index is 563. The molecule has 1 heterocycles. The number of benzene rings is 1. The predicted molar refractivity (Wildman–Crippen MR) is 65.5 cm³/mol. The number of nitrogens with two attached hydrogens (primary N) is 1. The summed E-state index contributed by atoms with van der Waals surface area (Å²) in [5, 5.41) is 8.83. The highest BCUT2D eigenvalue weighted by atomic mass is 79.9. The zero-order valence-electron chi connectivity index (χ0n) is 8.61. The van der Waals surface area contributed by atoms with Crippen LogP contribution in [0.25, 0.3) is 11.4 Å². The molecule has 0 radical (unpaired) electrons. The van der Waals surface area contributed by atoms with E-state index in [1.807, 2.05) is 30.3 Å². The van der Waals surface area contributed by atoms with Crippen LogP contribution in [0.3, 0.4) is 0 Å². The van der Waals surface area contributed by atoms with Gasteiger partial charge in [0.05, 0.1) is 0 Å². The van der Waals surface area contributed by atoms with E-state index in [0.717, 1.165) is 10.0 Å². The van der Waals surface area contributed by atoms with E-state index < -0.39 is 0 Å². The Morgan fingerprint density at radius 1 is 1.38 bits per heavy atom. The lowest BCUT2D eigenvalue weighted by molar-refractivity contribution is 0.936. The van der Waals surface area contributed by atoms with Crippen molar-refractivity contribution in [1.29, 1.82) is 5.26 Å². The van der Waals surface area contributed by atoms with Crippen LogP contribution in [-0.4, -0.2) is 9.55 Å². The SMILES string of the molecule is Cn1c(-c2ccc(Br)cc2)nc(C#N)c1N. The van der Waals surface area contributed by atoms with Crippen LogP contribution in [-0.2, 0) is 7.05 Å². The molecule has 1 aromatic carbocycles. The van der Waals surface area contributed by atoms with Gasteiger partial charge in [-0.15, -0.1) is 0 Å². The smallest absolute Gasteiger partial charge is 0.183 e. The van der Waals surface area contributed by atoms with Crippen molar-refractivity contribution in [3.8, 4) is 17.5 Å². The molecule has 0 aliphatic heterocycles. The van der Waals surface area contributed by atoms with Crippen molar-refractivity contribution < 1.29 is 0 Å². The summed E-state index contributed by atoms with van der Waals surface area (Å²) < 4.78 is 2.71. The van der Waals surface area contributed by atoms with E-state index >= 15 is 0 Å². The van der Waals surface area contributed by atoms with Gasteiger partial charge in [0.25, 0.3) is 0 Å². The summed E-state index contributed by atoms with van der Waals surface area (Å²) >= 11 is 3.37. The molecule has 0 aliphatic rings. The molecule has 0 unspecified atom stereocenters. The fourth-order valence-corrected chi connectivity index (χ4v) is 1.71. The van der Waals surface area contributed by atoms with Gasteiger partial charge in [-0.05, 0) is 12.1 Å². The summed E-state index contributed by atoms with van der Waals surface area (Å²) in [6.07, 6.45) is 0. The van der Waals surface area contributed by atoms with Gasteiger partial charge in [0.15, 0.2) is 5.69 Å². The number of hydrogen-bond donors (Lipinski definition) is 1.